The molecule has 120 valence electrons. The van der Waals surface area contributed by atoms with Crippen molar-refractivity contribution < 1.29 is 9.59 Å². The third-order valence-electron chi connectivity index (χ3n) is 3.88. The number of rotatable bonds is 5. The Labute approximate surface area is 135 Å². The lowest BCUT2D eigenvalue weighted by Crippen LogP contribution is -2.46. The van der Waals surface area contributed by atoms with E-state index in [0.717, 1.165) is 31.2 Å². The van der Waals surface area contributed by atoms with Gasteiger partial charge in [0.2, 0.25) is 5.91 Å². The van der Waals surface area contributed by atoms with Crippen LogP contribution in [0.5, 0.6) is 0 Å². The molecule has 2 rings (SSSR count). The number of benzene rings is 1. The SMILES string of the molecule is C[C@H](NCC(=O)NC(=O)NC1CCCC1)c1ccccc1Cl. The van der Waals surface area contributed by atoms with Crippen molar-refractivity contribution in [2.24, 2.45) is 0 Å². The molecule has 0 bridgehead atoms. The van der Waals surface area contributed by atoms with E-state index in [1.165, 1.54) is 0 Å². The van der Waals surface area contributed by atoms with Crippen LogP contribution in [0, 0.1) is 0 Å². The Bertz CT molecular complexity index is 530. The molecule has 0 radical (unpaired) electrons. The van der Waals surface area contributed by atoms with Crippen LogP contribution < -0.4 is 16.0 Å². The van der Waals surface area contributed by atoms with Crippen molar-refractivity contribution >= 4 is 23.5 Å². The van der Waals surface area contributed by atoms with Crippen LogP contribution in [-0.4, -0.2) is 24.5 Å². The van der Waals surface area contributed by atoms with Gasteiger partial charge in [0.05, 0.1) is 6.54 Å². The summed E-state index contributed by atoms with van der Waals surface area (Å²) in [5, 5.41) is 8.88. The summed E-state index contributed by atoms with van der Waals surface area (Å²) in [7, 11) is 0. The van der Waals surface area contributed by atoms with Crippen molar-refractivity contribution in [1.82, 2.24) is 16.0 Å². The van der Waals surface area contributed by atoms with Crippen LogP contribution in [0.4, 0.5) is 4.79 Å². The Balaban J connectivity index is 1.73. The summed E-state index contributed by atoms with van der Waals surface area (Å²) in [5.41, 5.74) is 0.923. The first-order chi connectivity index (χ1) is 10.6. The lowest BCUT2D eigenvalue weighted by molar-refractivity contribution is -0.119. The Morgan fingerprint density at radius 1 is 1.27 bits per heavy atom. The molecular weight excluding hydrogens is 302 g/mol. The van der Waals surface area contributed by atoms with Crippen LogP contribution in [0.3, 0.4) is 0 Å². The predicted octanol–water partition coefficient (Wildman–Crippen LogP) is 2.76. The summed E-state index contributed by atoms with van der Waals surface area (Å²) in [6.07, 6.45) is 4.25. The number of amides is 3. The fraction of sp³-hybridized carbons (Fsp3) is 0.500. The summed E-state index contributed by atoms with van der Waals surface area (Å²) >= 11 is 6.11. The van der Waals surface area contributed by atoms with Gasteiger partial charge in [-0.2, -0.15) is 0 Å². The van der Waals surface area contributed by atoms with Crippen molar-refractivity contribution in [2.45, 2.75) is 44.7 Å². The topological polar surface area (TPSA) is 70.2 Å². The molecule has 0 unspecified atom stereocenters. The van der Waals surface area contributed by atoms with Gasteiger partial charge in [0, 0.05) is 17.1 Å². The van der Waals surface area contributed by atoms with Gasteiger partial charge in [-0.15, -0.1) is 0 Å². The minimum absolute atomic E-state index is 0.0600. The molecule has 3 N–H and O–H groups in total. The average molecular weight is 324 g/mol. The number of urea groups is 1. The van der Waals surface area contributed by atoms with E-state index in [2.05, 4.69) is 16.0 Å². The lowest BCUT2D eigenvalue weighted by atomic mass is 10.1. The summed E-state index contributed by atoms with van der Waals surface area (Å²) < 4.78 is 0. The van der Waals surface area contributed by atoms with Gasteiger partial charge >= 0.3 is 6.03 Å². The second kappa shape index (κ2) is 8.15. The molecule has 6 heteroatoms. The summed E-state index contributed by atoms with van der Waals surface area (Å²) in [6, 6.07) is 7.19. The molecule has 0 heterocycles. The largest absolute Gasteiger partial charge is 0.335 e. The number of hydrogen-bond acceptors (Lipinski definition) is 3. The van der Waals surface area contributed by atoms with Crippen LogP contribution in [-0.2, 0) is 4.79 Å². The lowest BCUT2D eigenvalue weighted by Gasteiger charge is -2.16. The van der Waals surface area contributed by atoms with Gasteiger partial charge in [0.25, 0.3) is 0 Å². The van der Waals surface area contributed by atoms with Gasteiger partial charge < -0.3 is 10.6 Å². The highest BCUT2D eigenvalue weighted by molar-refractivity contribution is 6.31. The monoisotopic (exact) mass is 323 g/mol. The summed E-state index contributed by atoms with van der Waals surface area (Å²) in [5.74, 6) is -0.352. The highest BCUT2D eigenvalue weighted by atomic mass is 35.5. The van der Waals surface area contributed by atoms with Crippen LogP contribution in [0.25, 0.3) is 0 Å². The number of imide groups is 1. The Morgan fingerprint density at radius 3 is 2.64 bits per heavy atom. The molecular formula is C16H22ClN3O2. The Hall–Kier alpha value is -1.59. The molecule has 1 saturated carbocycles. The van der Waals surface area contributed by atoms with Gasteiger partial charge in [-0.25, -0.2) is 4.79 Å². The first kappa shape index (κ1) is 16.8. The maximum absolute atomic E-state index is 11.8. The van der Waals surface area contributed by atoms with E-state index < -0.39 is 6.03 Å². The van der Waals surface area contributed by atoms with E-state index in [1.54, 1.807) is 0 Å². The molecule has 5 nitrogen and oxygen atoms in total. The Morgan fingerprint density at radius 2 is 1.95 bits per heavy atom. The van der Waals surface area contributed by atoms with Crippen molar-refractivity contribution in [3.63, 3.8) is 0 Å². The van der Waals surface area contributed by atoms with Crippen LogP contribution >= 0.6 is 11.6 Å². The summed E-state index contributed by atoms with van der Waals surface area (Å²) in [4.78, 5) is 23.5. The van der Waals surface area contributed by atoms with Crippen molar-refractivity contribution in [2.75, 3.05) is 6.54 Å². The number of halogens is 1. The van der Waals surface area contributed by atoms with Gasteiger partial charge in [0.1, 0.15) is 0 Å². The third-order valence-corrected chi connectivity index (χ3v) is 4.23. The van der Waals surface area contributed by atoms with E-state index in [-0.39, 0.29) is 24.5 Å². The van der Waals surface area contributed by atoms with Crippen LogP contribution in [0.2, 0.25) is 5.02 Å². The van der Waals surface area contributed by atoms with E-state index >= 15 is 0 Å². The zero-order chi connectivity index (χ0) is 15.9. The fourth-order valence-corrected chi connectivity index (χ4v) is 2.94. The molecule has 1 aliphatic carbocycles. The maximum atomic E-state index is 11.8. The Kier molecular flexibility index (Phi) is 6.21. The third kappa shape index (κ3) is 5.00. The highest BCUT2D eigenvalue weighted by Gasteiger charge is 2.18. The number of nitrogens with one attached hydrogen (secondary N) is 3. The molecule has 22 heavy (non-hydrogen) atoms. The normalized spacial score (nSPS) is 16.3. The fourth-order valence-electron chi connectivity index (χ4n) is 2.64. The number of carbonyl (C=O) groups is 2. The zero-order valence-corrected chi connectivity index (χ0v) is 13.5. The molecule has 1 atom stereocenters. The standard InChI is InChI=1S/C16H22ClN3O2/c1-11(13-8-4-5-9-14(13)17)18-10-15(21)20-16(22)19-12-6-2-3-7-12/h4-5,8-9,11-12,18H,2-3,6-7,10H2,1H3,(H2,19,20,21,22)/t11-/m0/s1. The summed E-state index contributed by atoms with van der Waals surface area (Å²) in [6.45, 7) is 1.98. The zero-order valence-electron chi connectivity index (χ0n) is 12.7. The number of hydrogen-bond donors (Lipinski definition) is 3. The van der Waals surface area contributed by atoms with E-state index in [9.17, 15) is 9.59 Å². The second-order valence-electron chi connectivity index (χ2n) is 5.63. The van der Waals surface area contributed by atoms with Crippen molar-refractivity contribution in [1.29, 1.82) is 0 Å². The molecule has 1 fully saturated rings. The molecule has 1 aromatic rings. The van der Waals surface area contributed by atoms with E-state index in [0.29, 0.717) is 5.02 Å². The van der Waals surface area contributed by atoms with Gasteiger partial charge in [-0.3, -0.25) is 10.1 Å². The maximum Gasteiger partial charge on any atom is 0.321 e. The first-order valence-corrected chi connectivity index (χ1v) is 8.02. The van der Waals surface area contributed by atoms with E-state index in [1.807, 2.05) is 31.2 Å². The van der Waals surface area contributed by atoms with Crippen molar-refractivity contribution in [3.05, 3.63) is 34.9 Å². The highest BCUT2D eigenvalue weighted by Crippen LogP contribution is 2.21. The second-order valence-corrected chi connectivity index (χ2v) is 6.03. The van der Waals surface area contributed by atoms with Gasteiger partial charge in [-0.05, 0) is 31.4 Å². The van der Waals surface area contributed by atoms with Crippen LogP contribution in [0.15, 0.2) is 24.3 Å². The van der Waals surface area contributed by atoms with Gasteiger partial charge in [0.15, 0.2) is 0 Å². The van der Waals surface area contributed by atoms with Crippen molar-refractivity contribution in [3.8, 4) is 0 Å². The molecule has 0 aromatic heterocycles. The molecule has 3 amide bonds. The van der Waals surface area contributed by atoms with E-state index in [4.69, 9.17) is 11.6 Å². The smallest absolute Gasteiger partial charge is 0.321 e. The predicted molar refractivity (Wildman–Crippen MR) is 86.8 cm³/mol. The molecule has 1 aliphatic rings. The first-order valence-electron chi connectivity index (χ1n) is 7.64. The molecule has 1 aromatic carbocycles. The number of carbonyl (C=O) groups excluding carboxylic acids is 2. The quantitative estimate of drug-likeness (QED) is 0.780. The minimum atomic E-state index is -0.413. The minimum Gasteiger partial charge on any atom is -0.335 e. The van der Waals surface area contributed by atoms with Crippen LogP contribution in [0.1, 0.15) is 44.2 Å². The van der Waals surface area contributed by atoms with Gasteiger partial charge in [-0.1, -0.05) is 42.6 Å². The molecule has 0 spiro atoms. The molecule has 0 aliphatic heterocycles. The average Bonchev–Trinajstić information content (AvgIpc) is 2.98. The molecule has 0 saturated heterocycles.